The smallest absolute Gasteiger partial charge is 0.343 e. The predicted molar refractivity (Wildman–Crippen MR) is 118 cm³/mol. The molecule has 5 nitrogen and oxygen atoms in total. The van der Waals surface area contributed by atoms with Gasteiger partial charge in [-0.15, -0.1) is 0 Å². The normalized spacial score (nSPS) is 18.9. The molecule has 1 fully saturated rings. The molecular weight excluding hydrogens is 464 g/mol. The average molecular weight is 492 g/mol. The van der Waals surface area contributed by atoms with Crippen LogP contribution in [-0.2, 0) is 28.2 Å². The number of aliphatic hydroxyl groups is 1. The highest BCUT2D eigenvalue weighted by Crippen LogP contribution is 2.47. The minimum absolute atomic E-state index is 0.00412. The molecule has 1 aromatic heterocycles. The minimum Gasteiger partial charge on any atom is -0.459 e. The first-order valence-electron chi connectivity index (χ1n) is 11.4. The quantitative estimate of drug-likeness (QED) is 0.291. The SMILES string of the molecule is Cc1n(CCOC(=O)[C@](O)(c2ccccc2)[C@@H]2CCC(F)(F)C2)cc[n+]1Cc1ccc(F)cc1F. The largest absolute Gasteiger partial charge is 0.459 e. The summed E-state index contributed by atoms with van der Waals surface area (Å²) in [6, 6.07) is 11.4. The van der Waals surface area contributed by atoms with Crippen molar-refractivity contribution in [3.8, 4) is 0 Å². The Morgan fingerprint density at radius 1 is 1.23 bits per heavy atom. The van der Waals surface area contributed by atoms with Crippen LogP contribution in [0.1, 0.15) is 36.2 Å². The molecule has 1 N–H and O–H groups in total. The number of aromatic nitrogens is 2. The van der Waals surface area contributed by atoms with Crippen molar-refractivity contribution >= 4 is 5.97 Å². The summed E-state index contributed by atoms with van der Waals surface area (Å²) in [5.74, 6) is -5.42. The van der Waals surface area contributed by atoms with Gasteiger partial charge in [0, 0.05) is 37.3 Å². The summed E-state index contributed by atoms with van der Waals surface area (Å²) >= 11 is 0. The number of hydrogen-bond donors (Lipinski definition) is 1. The molecule has 186 valence electrons. The first-order chi connectivity index (χ1) is 16.6. The number of ether oxygens (including phenoxy) is 1. The molecule has 9 heteroatoms. The van der Waals surface area contributed by atoms with E-state index in [1.165, 1.54) is 24.3 Å². The van der Waals surface area contributed by atoms with Crippen LogP contribution < -0.4 is 4.57 Å². The number of rotatable bonds is 8. The zero-order valence-corrected chi connectivity index (χ0v) is 19.3. The molecule has 1 heterocycles. The van der Waals surface area contributed by atoms with Gasteiger partial charge >= 0.3 is 5.97 Å². The van der Waals surface area contributed by atoms with Gasteiger partial charge in [0.25, 0.3) is 5.82 Å². The van der Waals surface area contributed by atoms with Gasteiger partial charge in [0.05, 0.1) is 0 Å². The van der Waals surface area contributed by atoms with Crippen molar-refractivity contribution in [2.75, 3.05) is 6.61 Å². The number of imidazole rings is 1. The Morgan fingerprint density at radius 3 is 2.63 bits per heavy atom. The summed E-state index contributed by atoms with van der Waals surface area (Å²) in [5.41, 5.74) is -1.62. The molecule has 35 heavy (non-hydrogen) atoms. The number of esters is 1. The van der Waals surface area contributed by atoms with Gasteiger partial charge in [-0.1, -0.05) is 30.3 Å². The molecule has 0 amide bonds. The van der Waals surface area contributed by atoms with E-state index < -0.39 is 47.9 Å². The third-order valence-electron chi connectivity index (χ3n) is 6.70. The minimum atomic E-state index is -2.94. The summed E-state index contributed by atoms with van der Waals surface area (Å²) in [7, 11) is 0. The van der Waals surface area contributed by atoms with E-state index >= 15 is 0 Å². The van der Waals surface area contributed by atoms with E-state index in [-0.39, 0.29) is 31.7 Å². The monoisotopic (exact) mass is 491 g/mol. The van der Waals surface area contributed by atoms with Crippen molar-refractivity contribution in [3.63, 3.8) is 0 Å². The Labute approximate surface area is 200 Å². The van der Waals surface area contributed by atoms with Crippen molar-refractivity contribution in [1.82, 2.24) is 4.57 Å². The lowest BCUT2D eigenvalue weighted by atomic mass is 9.80. The van der Waals surface area contributed by atoms with Crippen LogP contribution in [0.3, 0.4) is 0 Å². The number of hydrogen-bond acceptors (Lipinski definition) is 3. The van der Waals surface area contributed by atoms with Crippen molar-refractivity contribution < 1.29 is 36.8 Å². The summed E-state index contributed by atoms with van der Waals surface area (Å²) < 4.78 is 63.9. The summed E-state index contributed by atoms with van der Waals surface area (Å²) in [5, 5.41) is 11.4. The third-order valence-corrected chi connectivity index (χ3v) is 6.70. The summed E-state index contributed by atoms with van der Waals surface area (Å²) in [4.78, 5) is 13.0. The number of carbonyl (C=O) groups is 1. The zero-order chi connectivity index (χ0) is 25.2. The second kappa shape index (κ2) is 9.81. The van der Waals surface area contributed by atoms with E-state index in [4.69, 9.17) is 4.74 Å². The number of benzene rings is 2. The van der Waals surface area contributed by atoms with Gasteiger partial charge in [0.1, 0.15) is 43.7 Å². The Morgan fingerprint density at radius 2 is 1.97 bits per heavy atom. The van der Waals surface area contributed by atoms with Gasteiger partial charge in [-0.3, -0.25) is 0 Å². The van der Waals surface area contributed by atoms with E-state index in [1.807, 2.05) is 0 Å². The van der Waals surface area contributed by atoms with E-state index in [0.29, 0.717) is 5.56 Å². The molecule has 4 rings (SSSR count). The van der Waals surface area contributed by atoms with Crippen LogP contribution in [0.5, 0.6) is 0 Å². The van der Waals surface area contributed by atoms with Crippen LogP contribution in [0.25, 0.3) is 0 Å². The van der Waals surface area contributed by atoms with E-state index in [1.54, 1.807) is 46.7 Å². The molecule has 0 saturated heterocycles. The fourth-order valence-electron chi connectivity index (χ4n) is 4.64. The van der Waals surface area contributed by atoms with E-state index in [2.05, 4.69) is 0 Å². The predicted octanol–water partition coefficient (Wildman–Crippen LogP) is 4.28. The van der Waals surface area contributed by atoms with Crippen LogP contribution in [0, 0.1) is 24.5 Å². The van der Waals surface area contributed by atoms with Crippen LogP contribution >= 0.6 is 0 Å². The zero-order valence-electron chi connectivity index (χ0n) is 19.3. The fourth-order valence-corrected chi connectivity index (χ4v) is 4.64. The molecule has 0 aliphatic heterocycles. The highest BCUT2D eigenvalue weighted by atomic mass is 19.3. The first-order valence-corrected chi connectivity index (χ1v) is 11.4. The van der Waals surface area contributed by atoms with Crippen LogP contribution in [0.15, 0.2) is 60.9 Å². The molecular formula is C26H27F4N2O3+. The average Bonchev–Trinajstić information content (AvgIpc) is 3.37. The maximum absolute atomic E-state index is 14.0. The molecule has 1 saturated carbocycles. The van der Waals surface area contributed by atoms with Crippen molar-refractivity contribution in [2.45, 2.75) is 50.8 Å². The summed E-state index contributed by atoms with van der Waals surface area (Å²) in [6.45, 7) is 2.12. The maximum atomic E-state index is 14.0. The molecule has 2 atom stereocenters. The van der Waals surface area contributed by atoms with E-state index in [0.717, 1.165) is 11.9 Å². The van der Waals surface area contributed by atoms with Crippen molar-refractivity contribution in [2.24, 2.45) is 5.92 Å². The van der Waals surface area contributed by atoms with Crippen LogP contribution in [0.2, 0.25) is 0 Å². The lowest BCUT2D eigenvalue weighted by Crippen LogP contribution is -2.44. The number of nitrogens with zero attached hydrogens (tertiary/aromatic N) is 2. The highest BCUT2D eigenvalue weighted by molar-refractivity contribution is 5.81. The molecule has 1 aliphatic carbocycles. The molecule has 0 radical (unpaired) electrons. The maximum Gasteiger partial charge on any atom is 0.343 e. The Hall–Kier alpha value is -3.20. The molecule has 1 aliphatic rings. The Balaban J connectivity index is 1.44. The van der Waals surface area contributed by atoms with Crippen LogP contribution in [0.4, 0.5) is 17.6 Å². The second-order valence-corrected chi connectivity index (χ2v) is 8.97. The Bertz CT molecular complexity index is 1200. The number of carbonyl (C=O) groups excluding carboxylic acids is 1. The second-order valence-electron chi connectivity index (χ2n) is 8.97. The summed E-state index contributed by atoms with van der Waals surface area (Å²) in [6.07, 6.45) is 2.47. The van der Waals surface area contributed by atoms with Gasteiger partial charge in [0.2, 0.25) is 5.92 Å². The van der Waals surface area contributed by atoms with E-state index in [9.17, 15) is 27.5 Å². The lowest BCUT2D eigenvalue weighted by molar-refractivity contribution is -0.694. The van der Waals surface area contributed by atoms with Gasteiger partial charge in [-0.2, -0.15) is 0 Å². The lowest BCUT2D eigenvalue weighted by Gasteiger charge is -2.32. The standard InChI is InChI=1S/C26H27F4N2O3/c1-18-31(11-12-32(18)17-19-7-8-22(27)15-23(19)28)13-14-35-24(33)26(34,20-5-3-2-4-6-20)21-9-10-25(29,30)16-21/h2-8,11-12,15,21,34H,9-10,13-14,16-17H2,1H3/q+1/t21-,26+/m1/s1. The van der Waals surface area contributed by atoms with Crippen molar-refractivity contribution in [3.05, 3.63) is 89.5 Å². The Kier molecular flexibility index (Phi) is 6.98. The topological polar surface area (TPSA) is 55.3 Å². The molecule has 0 unspecified atom stereocenters. The first kappa shape index (κ1) is 24.9. The molecule has 0 spiro atoms. The molecule has 3 aromatic rings. The van der Waals surface area contributed by atoms with Crippen molar-refractivity contribution in [1.29, 1.82) is 0 Å². The number of alkyl halides is 2. The van der Waals surface area contributed by atoms with Gasteiger partial charge < -0.3 is 9.84 Å². The highest BCUT2D eigenvalue weighted by Gasteiger charge is 2.54. The number of halogens is 4. The molecule has 0 bridgehead atoms. The fraction of sp³-hybridized carbons (Fsp3) is 0.385. The third kappa shape index (κ3) is 5.24. The molecule has 2 aromatic carbocycles. The van der Waals surface area contributed by atoms with Gasteiger partial charge in [-0.05, 0) is 24.1 Å². The van der Waals surface area contributed by atoms with Gasteiger partial charge in [-0.25, -0.2) is 31.5 Å². The van der Waals surface area contributed by atoms with Gasteiger partial charge in [0.15, 0.2) is 5.60 Å². The van der Waals surface area contributed by atoms with Crippen LogP contribution in [-0.4, -0.2) is 28.2 Å².